The number of aromatic nitrogens is 1. The van der Waals surface area contributed by atoms with E-state index in [2.05, 4.69) is 15.2 Å². The molecule has 1 N–H and O–H groups in total. The molecule has 0 amide bonds. The molecule has 3 rings (SSSR count). The van der Waals surface area contributed by atoms with Gasteiger partial charge in [0, 0.05) is 48.5 Å². The van der Waals surface area contributed by atoms with Gasteiger partial charge in [-0.15, -0.1) is 12.4 Å². The minimum absolute atomic E-state index is 0. The third kappa shape index (κ3) is 2.90. The lowest BCUT2D eigenvalue weighted by Gasteiger charge is -2.30. The van der Waals surface area contributed by atoms with Gasteiger partial charge in [-0.25, -0.2) is 0 Å². The highest BCUT2D eigenvalue weighted by Gasteiger charge is 2.15. The van der Waals surface area contributed by atoms with Crippen molar-refractivity contribution in [1.82, 2.24) is 10.3 Å². The molecule has 1 fully saturated rings. The minimum Gasteiger partial charge on any atom is -0.368 e. The lowest BCUT2D eigenvalue weighted by atomic mass is 10.1. The Bertz CT molecular complexity index is 583. The number of hydrogen-bond acceptors (Lipinski definition) is 3. The normalized spacial score (nSPS) is 15.4. The molecule has 1 aromatic heterocycles. The number of anilines is 1. The zero-order valence-corrected chi connectivity index (χ0v) is 12.5. The van der Waals surface area contributed by atoms with Gasteiger partial charge in [-0.2, -0.15) is 0 Å². The van der Waals surface area contributed by atoms with Crippen LogP contribution >= 0.6 is 35.6 Å². The van der Waals surface area contributed by atoms with E-state index in [-0.39, 0.29) is 12.4 Å². The molecule has 19 heavy (non-hydrogen) atoms. The first-order chi connectivity index (χ1) is 8.75. The standard InChI is InChI=1S/C13H13Cl2N3.ClH/c14-9-7-10-12(18-5-3-16-4-6-18)1-2-17-13(10)11(15)8-9;/h1-2,7-8,16H,3-6H2;1H. The first-order valence-electron chi connectivity index (χ1n) is 5.95. The molecule has 6 heteroatoms. The van der Waals surface area contributed by atoms with Gasteiger partial charge in [0.2, 0.25) is 0 Å². The first kappa shape index (κ1) is 14.7. The van der Waals surface area contributed by atoms with Crippen LogP contribution in [-0.2, 0) is 0 Å². The van der Waals surface area contributed by atoms with Crippen molar-refractivity contribution >= 4 is 52.2 Å². The Morgan fingerprint density at radius 3 is 2.63 bits per heavy atom. The van der Waals surface area contributed by atoms with Gasteiger partial charge in [-0.05, 0) is 18.2 Å². The second kappa shape index (κ2) is 6.14. The van der Waals surface area contributed by atoms with Crippen molar-refractivity contribution in [2.75, 3.05) is 31.1 Å². The van der Waals surface area contributed by atoms with Crippen LogP contribution < -0.4 is 10.2 Å². The Labute approximate surface area is 128 Å². The summed E-state index contributed by atoms with van der Waals surface area (Å²) in [6.07, 6.45) is 1.81. The maximum atomic E-state index is 6.20. The molecule has 0 bridgehead atoms. The number of nitrogens with one attached hydrogen (secondary N) is 1. The average molecular weight is 319 g/mol. The lowest BCUT2D eigenvalue weighted by Crippen LogP contribution is -2.43. The molecule has 2 heterocycles. The van der Waals surface area contributed by atoms with Gasteiger partial charge in [0.1, 0.15) is 0 Å². The van der Waals surface area contributed by atoms with E-state index in [1.54, 1.807) is 12.3 Å². The highest BCUT2D eigenvalue weighted by Crippen LogP contribution is 2.32. The third-order valence-electron chi connectivity index (χ3n) is 3.20. The number of halogens is 3. The second-order valence-electron chi connectivity index (χ2n) is 4.35. The van der Waals surface area contributed by atoms with Gasteiger partial charge in [-0.1, -0.05) is 23.2 Å². The number of rotatable bonds is 1. The summed E-state index contributed by atoms with van der Waals surface area (Å²) >= 11 is 12.3. The highest BCUT2D eigenvalue weighted by molar-refractivity contribution is 6.38. The minimum atomic E-state index is 0. The summed E-state index contributed by atoms with van der Waals surface area (Å²) in [5.74, 6) is 0. The Hall–Kier alpha value is -0.740. The molecular formula is C13H14Cl3N3. The van der Waals surface area contributed by atoms with E-state index >= 15 is 0 Å². The quantitative estimate of drug-likeness (QED) is 0.874. The van der Waals surface area contributed by atoms with E-state index in [1.165, 1.54) is 0 Å². The lowest BCUT2D eigenvalue weighted by molar-refractivity contribution is 0.590. The summed E-state index contributed by atoms with van der Waals surface area (Å²) in [4.78, 5) is 6.68. The molecule has 1 aliphatic rings. The Kier molecular flexibility index (Phi) is 4.74. The molecule has 0 spiro atoms. The van der Waals surface area contributed by atoms with Crippen molar-refractivity contribution in [3.63, 3.8) is 0 Å². The monoisotopic (exact) mass is 317 g/mol. The topological polar surface area (TPSA) is 28.2 Å². The molecule has 3 nitrogen and oxygen atoms in total. The van der Waals surface area contributed by atoms with Crippen LogP contribution in [0.3, 0.4) is 0 Å². The molecule has 102 valence electrons. The van der Waals surface area contributed by atoms with Crippen LogP contribution in [0.1, 0.15) is 0 Å². The Morgan fingerprint density at radius 2 is 1.89 bits per heavy atom. The third-order valence-corrected chi connectivity index (χ3v) is 3.70. The highest BCUT2D eigenvalue weighted by atomic mass is 35.5. The van der Waals surface area contributed by atoms with Gasteiger partial charge in [0.05, 0.1) is 10.5 Å². The number of nitrogens with zero attached hydrogens (tertiary/aromatic N) is 2. The molecule has 0 atom stereocenters. The van der Waals surface area contributed by atoms with Crippen LogP contribution in [0.15, 0.2) is 24.4 Å². The molecule has 0 unspecified atom stereocenters. The van der Waals surface area contributed by atoms with Gasteiger partial charge >= 0.3 is 0 Å². The molecule has 0 aliphatic carbocycles. The van der Waals surface area contributed by atoms with E-state index in [9.17, 15) is 0 Å². The van der Waals surface area contributed by atoms with E-state index in [0.717, 1.165) is 42.8 Å². The predicted octanol–water partition coefficient (Wildman–Crippen LogP) is 3.37. The SMILES string of the molecule is Cl.Clc1cc(Cl)c2nccc(N3CCNCC3)c2c1. The van der Waals surface area contributed by atoms with E-state index in [4.69, 9.17) is 23.2 Å². The zero-order chi connectivity index (χ0) is 12.5. The molecule has 1 aromatic carbocycles. The Balaban J connectivity index is 0.00000133. The van der Waals surface area contributed by atoms with E-state index in [0.29, 0.717) is 10.0 Å². The number of piperazine rings is 1. The number of hydrogen-bond donors (Lipinski definition) is 1. The second-order valence-corrected chi connectivity index (χ2v) is 5.19. The van der Waals surface area contributed by atoms with Crippen LogP contribution in [0.25, 0.3) is 10.9 Å². The fourth-order valence-electron chi connectivity index (χ4n) is 2.35. The fraction of sp³-hybridized carbons (Fsp3) is 0.308. The maximum absolute atomic E-state index is 6.20. The summed E-state index contributed by atoms with van der Waals surface area (Å²) in [6.45, 7) is 3.97. The van der Waals surface area contributed by atoms with Crippen LogP contribution in [0.4, 0.5) is 5.69 Å². The smallest absolute Gasteiger partial charge is 0.0909 e. The van der Waals surface area contributed by atoms with Crippen molar-refractivity contribution < 1.29 is 0 Å². The number of benzene rings is 1. The van der Waals surface area contributed by atoms with Crippen molar-refractivity contribution in [1.29, 1.82) is 0 Å². The van der Waals surface area contributed by atoms with Crippen molar-refractivity contribution in [2.45, 2.75) is 0 Å². The molecule has 1 saturated heterocycles. The molecule has 0 saturated carbocycles. The van der Waals surface area contributed by atoms with Gasteiger partial charge in [-0.3, -0.25) is 4.98 Å². The summed E-state index contributed by atoms with van der Waals surface area (Å²) in [6, 6.07) is 5.70. The van der Waals surface area contributed by atoms with Crippen LogP contribution in [0, 0.1) is 0 Å². The predicted molar refractivity (Wildman–Crippen MR) is 84.1 cm³/mol. The molecular weight excluding hydrogens is 305 g/mol. The zero-order valence-electron chi connectivity index (χ0n) is 10.2. The molecule has 2 aromatic rings. The Morgan fingerprint density at radius 1 is 1.16 bits per heavy atom. The molecule has 0 radical (unpaired) electrons. The summed E-state index contributed by atoms with van der Waals surface area (Å²) in [5, 5.41) is 5.63. The number of pyridine rings is 1. The van der Waals surface area contributed by atoms with Crippen molar-refractivity contribution in [3.8, 4) is 0 Å². The van der Waals surface area contributed by atoms with Crippen LogP contribution in [0.2, 0.25) is 10.0 Å². The number of fused-ring (bicyclic) bond motifs is 1. The van der Waals surface area contributed by atoms with Crippen molar-refractivity contribution in [2.24, 2.45) is 0 Å². The van der Waals surface area contributed by atoms with E-state index < -0.39 is 0 Å². The van der Waals surface area contributed by atoms with Crippen LogP contribution in [0.5, 0.6) is 0 Å². The summed E-state index contributed by atoms with van der Waals surface area (Å²) < 4.78 is 0. The summed E-state index contributed by atoms with van der Waals surface area (Å²) in [7, 11) is 0. The van der Waals surface area contributed by atoms with Gasteiger partial charge < -0.3 is 10.2 Å². The largest absolute Gasteiger partial charge is 0.368 e. The van der Waals surface area contributed by atoms with Crippen LogP contribution in [-0.4, -0.2) is 31.2 Å². The fourth-order valence-corrected chi connectivity index (χ4v) is 2.89. The van der Waals surface area contributed by atoms with Crippen molar-refractivity contribution in [3.05, 3.63) is 34.4 Å². The maximum Gasteiger partial charge on any atom is 0.0909 e. The average Bonchev–Trinajstić information content (AvgIpc) is 2.39. The van der Waals surface area contributed by atoms with Gasteiger partial charge in [0.15, 0.2) is 0 Å². The molecule has 1 aliphatic heterocycles. The summed E-state index contributed by atoms with van der Waals surface area (Å²) in [5.41, 5.74) is 1.97. The van der Waals surface area contributed by atoms with E-state index in [1.807, 2.05) is 12.1 Å². The first-order valence-corrected chi connectivity index (χ1v) is 6.71. The van der Waals surface area contributed by atoms with Gasteiger partial charge in [0.25, 0.3) is 0 Å².